The lowest BCUT2D eigenvalue weighted by molar-refractivity contribution is -0.142. The number of carbonyl (C=O) groups is 1. The van der Waals surface area contributed by atoms with Crippen molar-refractivity contribution in [3.63, 3.8) is 0 Å². The molecule has 1 rings (SSSR count). The van der Waals surface area contributed by atoms with Crippen LogP contribution in [0.25, 0.3) is 0 Å². The Morgan fingerprint density at radius 3 is 2.81 bits per heavy atom. The molecule has 5 heteroatoms. The van der Waals surface area contributed by atoms with Crippen LogP contribution in [-0.4, -0.2) is 19.7 Å². The van der Waals surface area contributed by atoms with Crippen LogP contribution in [0, 0.1) is 5.82 Å². The monoisotopic (exact) mass is 227 g/mol. The number of methoxy groups -OCH3 is 1. The Labute approximate surface area is 93.2 Å². The number of carbonyl (C=O) groups excluding carboxylic acids is 1. The molecule has 1 aromatic carbocycles. The number of ether oxygens (including phenoxy) is 2. The molecule has 1 aromatic rings. The van der Waals surface area contributed by atoms with Gasteiger partial charge in [-0.25, -0.2) is 9.18 Å². The van der Waals surface area contributed by atoms with Crippen molar-refractivity contribution in [2.24, 2.45) is 5.73 Å². The van der Waals surface area contributed by atoms with Gasteiger partial charge < -0.3 is 15.2 Å². The van der Waals surface area contributed by atoms with Crippen molar-refractivity contribution in [2.75, 3.05) is 13.7 Å². The van der Waals surface area contributed by atoms with Gasteiger partial charge in [0.15, 0.2) is 6.61 Å². The average molecular weight is 227 g/mol. The zero-order valence-electron chi connectivity index (χ0n) is 9.20. The van der Waals surface area contributed by atoms with E-state index in [2.05, 4.69) is 4.74 Å². The average Bonchev–Trinajstić information content (AvgIpc) is 2.25. The molecule has 0 aromatic heterocycles. The fraction of sp³-hybridized carbons (Fsp3) is 0.364. The van der Waals surface area contributed by atoms with Crippen molar-refractivity contribution < 1.29 is 18.7 Å². The third-order valence-electron chi connectivity index (χ3n) is 2.04. The van der Waals surface area contributed by atoms with Crippen molar-refractivity contribution in [1.82, 2.24) is 0 Å². The molecule has 2 N–H and O–H groups in total. The number of benzene rings is 1. The molecular weight excluding hydrogens is 213 g/mol. The second kappa shape index (κ2) is 5.46. The minimum atomic E-state index is -0.528. The third-order valence-corrected chi connectivity index (χ3v) is 2.04. The first-order chi connectivity index (χ1) is 7.54. The topological polar surface area (TPSA) is 61.5 Å². The predicted molar refractivity (Wildman–Crippen MR) is 56.5 cm³/mol. The maximum Gasteiger partial charge on any atom is 0.343 e. The first-order valence-electron chi connectivity index (χ1n) is 4.79. The SMILES string of the molecule is COC(=O)COc1cc(F)ccc1C(C)N. The molecular formula is C11H14FNO3. The van der Waals surface area contributed by atoms with Gasteiger partial charge in [0.2, 0.25) is 0 Å². The van der Waals surface area contributed by atoms with Gasteiger partial charge in [0, 0.05) is 17.7 Å². The Bertz CT molecular complexity index is 379. The lowest BCUT2D eigenvalue weighted by Crippen LogP contribution is -2.15. The van der Waals surface area contributed by atoms with Crippen LogP contribution < -0.4 is 10.5 Å². The number of hydrogen-bond donors (Lipinski definition) is 1. The van der Waals surface area contributed by atoms with Crippen LogP contribution in [0.3, 0.4) is 0 Å². The van der Waals surface area contributed by atoms with Crippen LogP contribution in [0.15, 0.2) is 18.2 Å². The van der Waals surface area contributed by atoms with Crippen molar-refractivity contribution in [1.29, 1.82) is 0 Å². The van der Waals surface area contributed by atoms with Crippen molar-refractivity contribution in [3.8, 4) is 5.75 Å². The molecule has 0 aliphatic carbocycles. The number of hydrogen-bond acceptors (Lipinski definition) is 4. The molecule has 1 atom stereocenters. The van der Waals surface area contributed by atoms with Gasteiger partial charge in [0.05, 0.1) is 7.11 Å². The first kappa shape index (κ1) is 12.4. The van der Waals surface area contributed by atoms with Crippen LogP contribution in [0.4, 0.5) is 4.39 Å². The second-order valence-corrected chi connectivity index (χ2v) is 3.34. The van der Waals surface area contributed by atoms with Crippen molar-refractivity contribution in [2.45, 2.75) is 13.0 Å². The Kier molecular flexibility index (Phi) is 4.25. The van der Waals surface area contributed by atoms with E-state index in [1.807, 2.05) is 0 Å². The van der Waals surface area contributed by atoms with Crippen molar-refractivity contribution in [3.05, 3.63) is 29.6 Å². The largest absolute Gasteiger partial charge is 0.481 e. The molecule has 0 spiro atoms. The molecule has 0 radical (unpaired) electrons. The van der Waals surface area contributed by atoms with E-state index in [4.69, 9.17) is 10.5 Å². The van der Waals surface area contributed by atoms with E-state index in [9.17, 15) is 9.18 Å². The van der Waals surface area contributed by atoms with E-state index in [0.717, 1.165) is 0 Å². The highest BCUT2D eigenvalue weighted by Gasteiger charge is 2.11. The van der Waals surface area contributed by atoms with Gasteiger partial charge in [-0.2, -0.15) is 0 Å². The van der Waals surface area contributed by atoms with Gasteiger partial charge in [-0.05, 0) is 13.0 Å². The summed E-state index contributed by atoms with van der Waals surface area (Å²) in [6.07, 6.45) is 0. The Balaban J connectivity index is 2.84. The molecule has 0 saturated carbocycles. The summed E-state index contributed by atoms with van der Waals surface area (Å²) < 4.78 is 22.5. The highest BCUT2D eigenvalue weighted by atomic mass is 19.1. The lowest BCUT2D eigenvalue weighted by Gasteiger charge is -2.13. The van der Waals surface area contributed by atoms with E-state index < -0.39 is 11.8 Å². The van der Waals surface area contributed by atoms with Crippen LogP contribution in [0.5, 0.6) is 5.75 Å². The van der Waals surface area contributed by atoms with E-state index in [1.165, 1.54) is 25.3 Å². The van der Waals surface area contributed by atoms with Gasteiger partial charge in [-0.15, -0.1) is 0 Å². The summed E-state index contributed by atoms with van der Waals surface area (Å²) in [5.74, 6) is -0.704. The smallest absolute Gasteiger partial charge is 0.343 e. The first-order valence-corrected chi connectivity index (χ1v) is 4.79. The number of halogens is 1. The van der Waals surface area contributed by atoms with Crippen molar-refractivity contribution >= 4 is 5.97 Å². The summed E-state index contributed by atoms with van der Waals surface area (Å²) in [7, 11) is 1.25. The molecule has 0 amide bonds. The lowest BCUT2D eigenvalue weighted by atomic mass is 10.1. The molecule has 1 unspecified atom stereocenters. The minimum absolute atomic E-state index is 0.264. The molecule has 0 aliphatic heterocycles. The normalized spacial score (nSPS) is 12.0. The second-order valence-electron chi connectivity index (χ2n) is 3.34. The summed E-state index contributed by atoms with van der Waals surface area (Å²) in [6, 6.07) is 3.73. The number of rotatable bonds is 4. The molecule has 0 bridgehead atoms. The highest BCUT2D eigenvalue weighted by molar-refractivity contribution is 5.70. The Morgan fingerprint density at radius 2 is 2.25 bits per heavy atom. The third kappa shape index (κ3) is 3.20. The van der Waals surface area contributed by atoms with E-state index in [0.29, 0.717) is 5.56 Å². The fourth-order valence-corrected chi connectivity index (χ4v) is 1.20. The number of nitrogens with two attached hydrogens (primary N) is 1. The standard InChI is InChI=1S/C11H14FNO3/c1-7(13)9-4-3-8(12)5-10(9)16-6-11(14)15-2/h3-5,7H,6,13H2,1-2H3. The van der Waals surface area contributed by atoms with Crippen LogP contribution in [0.2, 0.25) is 0 Å². The predicted octanol–water partition coefficient (Wildman–Crippen LogP) is 1.40. The van der Waals surface area contributed by atoms with Crippen LogP contribution in [0.1, 0.15) is 18.5 Å². The Hall–Kier alpha value is -1.62. The van der Waals surface area contributed by atoms with E-state index in [1.54, 1.807) is 6.92 Å². The molecule has 16 heavy (non-hydrogen) atoms. The molecule has 0 heterocycles. The maximum atomic E-state index is 13.0. The highest BCUT2D eigenvalue weighted by Crippen LogP contribution is 2.24. The van der Waals surface area contributed by atoms with E-state index in [-0.39, 0.29) is 18.4 Å². The van der Waals surface area contributed by atoms with Gasteiger partial charge in [-0.3, -0.25) is 0 Å². The quantitative estimate of drug-likeness (QED) is 0.790. The molecule has 4 nitrogen and oxygen atoms in total. The Morgan fingerprint density at radius 1 is 1.56 bits per heavy atom. The minimum Gasteiger partial charge on any atom is -0.481 e. The van der Waals surface area contributed by atoms with Crippen LogP contribution in [-0.2, 0) is 9.53 Å². The fourth-order valence-electron chi connectivity index (χ4n) is 1.20. The van der Waals surface area contributed by atoms with Crippen LogP contribution >= 0.6 is 0 Å². The van der Waals surface area contributed by atoms with Gasteiger partial charge >= 0.3 is 5.97 Å². The molecule has 0 saturated heterocycles. The molecule has 88 valence electrons. The van der Waals surface area contributed by atoms with Gasteiger partial charge in [0.1, 0.15) is 11.6 Å². The molecule has 0 fully saturated rings. The number of esters is 1. The summed E-state index contributed by atoms with van der Waals surface area (Å²) in [5, 5.41) is 0. The zero-order chi connectivity index (χ0) is 12.1. The summed E-state index contributed by atoms with van der Waals surface area (Å²) in [5.41, 5.74) is 6.33. The summed E-state index contributed by atoms with van der Waals surface area (Å²) >= 11 is 0. The summed E-state index contributed by atoms with van der Waals surface area (Å²) in [4.78, 5) is 10.9. The van der Waals surface area contributed by atoms with Gasteiger partial charge in [-0.1, -0.05) is 6.07 Å². The van der Waals surface area contributed by atoms with Gasteiger partial charge in [0.25, 0.3) is 0 Å². The summed E-state index contributed by atoms with van der Waals surface area (Å²) in [6.45, 7) is 1.48. The molecule has 0 aliphatic rings. The zero-order valence-corrected chi connectivity index (χ0v) is 9.20. The maximum absolute atomic E-state index is 13.0. The van der Waals surface area contributed by atoms with E-state index >= 15 is 0 Å².